The average molecular weight is 287 g/mol. The van der Waals surface area contributed by atoms with Crippen LogP contribution in [0.4, 0.5) is 8.78 Å². The Morgan fingerprint density at radius 1 is 1.50 bits per heavy atom. The summed E-state index contributed by atoms with van der Waals surface area (Å²) in [6.07, 6.45) is 0. The van der Waals surface area contributed by atoms with Crippen molar-refractivity contribution in [2.24, 2.45) is 0 Å². The number of amides is 1. The van der Waals surface area contributed by atoms with E-state index in [1.807, 2.05) is 0 Å². The van der Waals surface area contributed by atoms with Gasteiger partial charge in [0.2, 0.25) is 0 Å². The molecule has 1 atom stereocenters. The molecular weight excluding hydrogens is 272 g/mol. The molecule has 7 heteroatoms. The molecule has 1 N–H and O–H groups in total. The Bertz CT molecular complexity index is 483. The molecule has 20 heavy (non-hydrogen) atoms. The molecule has 0 aliphatic carbocycles. The molecule has 0 bridgehead atoms. The third-order valence-electron chi connectivity index (χ3n) is 3.00. The van der Waals surface area contributed by atoms with Crippen molar-refractivity contribution in [2.75, 3.05) is 33.0 Å². The summed E-state index contributed by atoms with van der Waals surface area (Å²) in [7, 11) is 0. The summed E-state index contributed by atoms with van der Waals surface area (Å²) in [5.41, 5.74) is 0. The van der Waals surface area contributed by atoms with E-state index in [1.54, 1.807) is 0 Å². The van der Waals surface area contributed by atoms with Gasteiger partial charge < -0.3 is 19.5 Å². The molecule has 1 saturated heterocycles. The predicted molar refractivity (Wildman–Crippen MR) is 65.3 cm³/mol. The van der Waals surface area contributed by atoms with Crippen LogP contribution in [0.15, 0.2) is 18.2 Å². The van der Waals surface area contributed by atoms with Gasteiger partial charge in [-0.15, -0.1) is 0 Å². The molecule has 1 aliphatic rings. The van der Waals surface area contributed by atoms with E-state index >= 15 is 0 Å². The van der Waals surface area contributed by atoms with Gasteiger partial charge in [0.25, 0.3) is 5.91 Å². The Morgan fingerprint density at radius 3 is 3.00 bits per heavy atom. The zero-order chi connectivity index (χ0) is 14.5. The standard InChI is InChI=1S/C13H15F2NO4/c14-9-1-2-12(11(15)5-9)20-8-13(18)16-3-4-19-7-10(16)6-17/h1-2,5,10,17H,3-4,6-8H2. The van der Waals surface area contributed by atoms with Crippen LogP contribution in [0.25, 0.3) is 0 Å². The Balaban J connectivity index is 1.94. The number of nitrogens with zero attached hydrogens (tertiary/aromatic N) is 1. The minimum absolute atomic E-state index is 0.187. The lowest BCUT2D eigenvalue weighted by Gasteiger charge is -2.34. The quantitative estimate of drug-likeness (QED) is 0.879. The highest BCUT2D eigenvalue weighted by molar-refractivity contribution is 5.78. The maximum atomic E-state index is 13.3. The Labute approximate surface area is 114 Å². The van der Waals surface area contributed by atoms with Gasteiger partial charge in [-0.05, 0) is 12.1 Å². The van der Waals surface area contributed by atoms with Crippen LogP contribution in [0.5, 0.6) is 5.75 Å². The Kier molecular flexibility index (Phi) is 4.86. The van der Waals surface area contributed by atoms with Crippen molar-refractivity contribution in [3.05, 3.63) is 29.8 Å². The van der Waals surface area contributed by atoms with Gasteiger partial charge in [0.1, 0.15) is 5.82 Å². The highest BCUT2D eigenvalue weighted by Crippen LogP contribution is 2.18. The lowest BCUT2D eigenvalue weighted by Crippen LogP contribution is -2.51. The number of ether oxygens (including phenoxy) is 2. The van der Waals surface area contributed by atoms with Crippen LogP contribution < -0.4 is 4.74 Å². The van der Waals surface area contributed by atoms with E-state index in [-0.39, 0.29) is 31.5 Å². The van der Waals surface area contributed by atoms with Gasteiger partial charge in [0, 0.05) is 12.6 Å². The summed E-state index contributed by atoms with van der Waals surface area (Å²) in [5, 5.41) is 9.15. The second-order valence-electron chi connectivity index (χ2n) is 4.36. The van der Waals surface area contributed by atoms with Crippen LogP contribution in [-0.2, 0) is 9.53 Å². The number of carbonyl (C=O) groups is 1. The molecular formula is C13H15F2NO4. The zero-order valence-corrected chi connectivity index (χ0v) is 10.7. The van der Waals surface area contributed by atoms with Crippen molar-refractivity contribution >= 4 is 5.91 Å². The fourth-order valence-electron chi connectivity index (χ4n) is 1.95. The third-order valence-corrected chi connectivity index (χ3v) is 3.00. The number of benzene rings is 1. The summed E-state index contributed by atoms with van der Waals surface area (Å²) in [5.74, 6) is -2.14. The van der Waals surface area contributed by atoms with Gasteiger partial charge in [0.05, 0.1) is 25.9 Å². The van der Waals surface area contributed by atoms with Crippen molar-refractivity contribution in [3.63, 3.8) is 0 Å². The lowest BCUT2D eigenvalue weighted by atomic mass is 10.2. The van der Waals surface area contributed by atoms with Crippen molar-refractivity contribution in [1.82, 2.24) is 4.90 Å². The number of aliphatic hydroxyl groups excluding tert-OH is 1. The largest absolute Gasteiger partial charge is 0.481 e. The van der Waals surface area contributed by atoms with Crippen LogP contribution in [-0.4, -0.2) is 54.9 Å². The first-order valence-electron chi connectivity index (χ1n) is 6.17. The van der Waals surface area contributed by atoms with Crippen LogP contribution in [0.1, 0.15) is 0 Å². The molecule has 1 aliphatic heterocycles. The summed E-state index contributed by atoms with van der Waals surface area (Å²) in [6.45, 7) is 0.398. The van der Waals surface area contributed by atoms with Crippen molar-refractivity contribution in [2.45, 2.75) is 6.04 Å². The van der Waals surface area contributed by atoms with E-state index in [2.05, 4.69) is 0 Å². The number of hydrogen-bond donors (Lipinski definition) is 1. The molecule has 1 fully saturated rings. The fraction of sp³-hybridized carbons (Fsp3) is 0.462. The normalized spacial score (nSPS) is 18.9. The van der Waals surface area contributed by atoms with Crippen LogP contribution >= 0.6 is 0 Å². The van der Waals surface area contributed by atoms with Gasteiger partial charge in [0.15, 0.2) is 18.2 Å². The summed E-state index contributed by atoms with van der Waals surface area (Å²) < 4.78 is 36.3. The van der Waals surface area contributed by atoms with E-state index in [9.17, 15) is 13.6 Å². The molecule has 0 spiro atoms. The molecule has 0 radical (unpaired) electrons. The minimum Gasteiger partial charge on any atom is -0.481 e. The molecule has 1 aromatic rings. The van der Waals surface area contributed by atoms with E-state index in [0.717, 1.165) is 12.1 Å². The minimum atomic E-state index is -0.863. The van der Waals surface area contributed by atoms with Crippen LogP contribution in [0.2, 0.25) is 0 Å². The number of hydrogen-bond acceptors (Lipinski definition) is 4. The fourth-order valence-corrected chi connectivity index (χ4v) is 1.95. The lowest BCUT2D eigenvalue weighted by molar-refractivity contribution is -0.143. The second kappa shape index (κ2) is 6.62. The molecule has 0 saturated carbocycles. The molecule has 110 valence electrons. The highest BCUT2D eigenvalue weighted by atomic mass is 19.1. The predicted octanol–water partition coefficient (Wildman–Crippen LogP) is 0.563. The number of morpholine rings is 1. The second-order valence-corrected chi connectivity index (χ2v) is 4.36. The van der Waals surface area contributed by atoms with Gasteiger partial charge in [-0.3, -0.25) is 4.79 Å². The summed E-state index contributed by atoms with van der Waals surface area (Å²) in [6, 6.07) is 2.44. The van der Waals surface area contributed by atoms with Crippen molar-refractivity contribution in [1.29, 1.82) is 0 Å². The maximum absolute atomic E-state index is 13.3. The molecule has 1 unspecified atom stereocenters. The van der Waals surface area contributed by atoms with E-state index in [4.69, 9.17) is 14.6 Å². The number of aliphatic hydroxyl groups is 1. The molecule has 1 heterocycles. The monoisotopic (exact) mass is 287 g/mol. The molecule has 1 amide bonds. The zero-order valence-electron chi connectivity index (χ0n) is 10.7. The van der Waals surface area contributed by atoms with E-state index in [1.165, 1.54) is 4.90 Å². The Morgan fingerprint density at radius 2 is 2.30 bits per heavy atom. The first-order chi connectivity index (χ1) is 9.61. The molecule has 5 nitrogen and oxygen atoms in total. The third kappa shape index (κ3) is 3.43. The van der Waals surface area contributed by atoms with E-state index < -0.39 is 17.7 Å². The Hall–Kier alpha value is -1.73. The number of halogens is 2. The van der Waals surface area contributed by atoms with Gasteiger partial charge >= 0.3 is 0 Å². The topological polar surface area (TPSA) is 59.0 Å². The van der Waals surface area contributed by atoms with Crippen LogP contribution in [0.3, 0.4) is 0 Å². The summed E-state index contributed by atoms with van der Waals surface area (Å²) >= 11 is 0. The SMILES string of the molecule is O=C(COc1ccc(F)cc1F)N1CCOCC1CO. The molecule has 1 aromatic carbocycles. The number of carbonyl (C=O) groups excluding carboxylic acids is 1. The first kappa shape index (κ1) is 14.7. The van der Waals surface area contributed by atoms with Crippen molar-refractivity contribution < 1.29 is 28.2 Å². The van der Waals surface area contributed by atoms with Gasteiger partial charge in [-0.1, -0.05) is 0 Å². The van der Waals surface area contributed by atoms with Gasteiger partial charge in [-0.2, -0.15) is 0 Å². The molecule has 2 rings (SSSR count). The smallest absolute Gasteiger partial charge is 0.260 e. The highest BCUT2D eigenvalue weighted by Gasteiger charge is 2.27. The van der Waals surface area contributed by atoms with Gasteiger partial charge in [-0.25, -0.2) is 8.78 Å². The summed E-state index contributed by atoms with van der Waals surface area (Å²) in [4.78, 5) is 13.4. The van der Waals surface area contributed by atoms with Crippen LogP contribution in [0, 0.1) is 11.6 Å². The van der Waals surface area contributed by atoms with Crippen molar-refractivity contribution in [3.8, 4) is 5.75 Å². The first-order valence-corrected chi connectivity index (χ1v) is 6.17. The maximum Gasteiger partial charge on any atom is 0.260 e. The number of rotatable bonds is 4. The van der Waals surface area contributed by atoms with E-state index in [0.29, 0.717) is 19.2 Å². The molecule has 0 aromatic heterocycles. The average Bonchev–Trinajstić information content (AvgIpc) is 2.46.